The molecule has 4 aromatic carbocycles. The second-order valence-corrected chi connectivity index (χ2v) is 9.46. The van der Waals surface area contributed by atoms with Gasteiger partial charge in [-0.1, -0.05) is 79.7 Å². The van der Waals surface area contributed by atoms with Crippen LogP contribution in [0.25, 0.3) is 10.8 Å². The number of fused-ring (bicyclic) bond motifs is 4. The molecule has 0 aromatic heterocycles. The van der Waals surface area contributed by atoms with E-state index in [1.165, 1.54) is 22.2 Å². The van der Waals surface area contributed by atoms with Crippen LogP contribution in [0.2, 0.25) is 0 Å². The average molecular weight is 459 g/mol. The SMILES string of the molecule is CCCOc1ccc2ccccc2c1C=Nc1ccc([C@@H]2Nc3ccccc3[C@@H]3C=CC[C@H]32)cc1. The zero-order valence-corrected chi connectivity index (χ0v) is 20.0. The zero-order valence-electron chi connectivity index (χ0n) is 20.0. The van der Waals surface area contributed by atoms with Gasteiger partial charge in [-0.25, -0.2) is 0 Å². The number of allylic oxidation sites excluding steroid dienone is 2. The van der Waals surface area contributed by atoms with Crippen LogP contribution in [0.5, 0.6) is 5.75 Å². The van der Waals surface area contributed by atoms with E-state index < -0.39 is 0 Å². The summed E-state index contributed by atoms with van der Waals surface area (Å²) >= 11 is 0. The third-order valence-corrected chi connectivity index (χ3v) is 7.26. The highest BCUT2D eigenvalue weighted by molar-refractivity contribution is 6.03. The fourth-order valence-corrected chi connectivity index (χ4v) is 5.53. The fourth-order valence-electron chi connectivity index (χ4n) is 5.53. The highest BCUT2D eigenvalue weighted by Crippen LogP contribution is 2.49. The summed E-state index contributed by atoms with van der Waals surface area (Å²) in [7, 11) is 0. The number of aliphatic imine (C=N–C) groups is 1. The van der Waals surface area contributed by atoms with Crippen molar-refractivity contribution in [3.8, 4) is 5.75 Å². The van der Waals surface area contributed by atoms with Gasteiger partial charge in [0.05, 0.1) is 18.3 Å². The van der Waals surface area contributed by atoms with Crippen molar-refractivity contribution in [2.24, 2.45) is 10.9 Å². The van der Waals surface area contributed by atoms with Gasteiger partial charge < -0.3 is 10.1 Å². The van der Waals surface area contributed by atoms with E-state index in [0.717, 1.165) is 35.2 Å². The highest BCUT2D eigenvalue weighted by atomic mass is 16.5. The van der Waals surface area contributed by atoms with Crippen molar-refractivity contribution in [1.29, 1.82) is 0 Å². The summed E-state index contributed by atoms with van der Waals surface area (Å²) in [5, 5.41) is 6.16. The van der Waals surface area contributed by atoms with Crippen molar-refractivity contribution in [2.45, 2.75) is 31.7 Å². The van der Waals surface area contributed by atoms with Crippen LogP contribution < -0.4 is 10.1 Å². The fraction of sp³-hybridized carbons (Fsp3) is 0.219. The monoisotopic (exact) mass is 458 g/mol. The van der Waals surface area contributed by atoms with E-state index in [4.69, 9.17) is 9.73 Å². The highest BCUT2D eigenvalue weighted by Gasteiger charge is 2.37. The summed E-state index contributed by atoms with van der Waals surface area (Å²) < 4.78 is 6.04. The molecule has 0 spiro atoms. The Hall–Kier alpha value is -3.85. The van der Waals surface area contributed by atoms with E-state index in [-0.39, 0.29) is 0 Å². The number of nitrogens with zero attached hydrogens (tertiary/aromatic N) is 1. The number of hydrogen-bond donors (Lipinski definition) is 1. The van der Waals surface area contributed by atoms with Crippen molar-refractivity contribution in [3.63, 3.8) is 0 Å². The summed E-state index contributed by atoms with van der Waals surface area (Å²) in [6.07, 6.45) is 8.76. The van der Waals surface area contributed by atoms with Gasteiger partial charge >= 0.3 is 0 Å². The van der Waals surface area contributed by atoms with Crippen molar-refractivity contribution >= 4 is 28.4 Å². The number of para-hydroxylation sites is 1. The number of benzene rings is 4. The normalized spacial score (nSPS) is 20.5. The smallest absolute Gasteiger partial charge is 0.128 e. The molecule has 2 aliphatic rings. The summed E-state index contributed by atoms with van der Waals surface area (Å²) in [4.78, 5) is 4.85. The van der Waals surface area contributed by atoms with Gasteiger partial charge in [0, 0.05) is 23.4 Å². The number of hydrogen-bond acceptors (Lipinski definition) is 3. The molecular formula is C32H30N2O. The Morgan fingerprint density at radius 1 is 0.943 bits per heavy atom. The van der Waals surface area contributed by atoms with Crippen molar-refractivity contribution < 1.29 is 4.74 Å². The minimum Gasteiger partial charge on any atom is -0.493 e. The Bertz CT molecular complexity index is 1400. The van der Waals surface area contributed by atoms with E-state index in [1.807, 2.05) is 6.21 Å². The molecule has 174 valence electrons. The second kappa shape index (κ2) is 9.42. The van der Waals surface area contributed by atoms with Gasteiger partial charge in [-0.15, -0.1) is 0 Å². The average Bonchev–Trinajstić information content (AvgIpc) is 3.41. The minimum atomic E-state index is 0.301. The van der Waals surface area contributed by atoms with E-state index in [0.29, 0.717) is 24.5 Å². The number of rotatable bonds is 6. The second-order valence-electron chi connectivity index (χ2n) is 9.46. The van der Waals surface area contributed by atoms with E-state index in [9.17, 15) is 0 Å². The van der Waals surface area contributed by atoms with Crippen LogP contribution in [-0.2, 0) is 0 Å². The maximum atomic E-state index is 6.04. The molecule has 0 unspecified atom stereocenters. The molecule has 35 heavy (non-hydrogen) atoms. The molecule has 0 amide bonds. The topological polar surface area (TPSA) is 33.6 Å². The maximum absolute atomic E-state index is 6.04. The van der Waals surface area contributed by atoms with Gasteiger partial charge in [0.1, 0.15) is 5.75 Å². The Morgan fingerprint density at radius 2 is 1.77 bits per heavy atom. The van der Waals surface area contributed by atoms with E-state index >= 15 is 0 Å². The quantitative estimate of drug-likeness (QED) is 0.233. The molecule has 0 saturated carbocycles. The number of nitrogens with one attached hydrogen (secondary N) is 1. The Morgan fingerprint density at radius 3 is 2.66 bits per heavy atom. The van der Waals surface area contributed by atoms with Crippen LogP contribution in [0, 0.1) is 5.92 Å². The summed E-state index contributed by atoms with van der Waals surface area (Å²) in [5.41, 5.74) is 5.96. The molecule has 0 fully saturated rings. The minimum absolute atomic E-state index is 0.301. The first kappa shape index (κ1) is 21.7. The molecule has 4 aromatic rings. The van der Waals surface area contributed by atoms with Gasteiger partial charge in [-0.2, -0.15) is 0 Å². The van der Waals surface area contributed by atoms with Gasteiger partial charge in [-0.05, 0) is 64.9 Å². The number of anilines is 1. The predicted octanol–water partition coefficient (Wildman–Crippen LogP) is 8.21. The standard InChI is InChI=1S/C32H30N2O/c1-2-20-35-31-19-16-22-8-3-4-9-25(22)29(31)21-33-24-17-14-23(15-18-24)32-28-12-7-11-26(28)27-10-5-6-13-30(27)34-32/h3-11,13-19,21,26,28,32,34H,2,12,20H2,1H3/t26-,28+,32-/m0/s1. The van der Waals surface area contributed by atoms with Crippen molar-refractivity contribution in [1.82, 2.24) is 0 Å². The molecule has 1 N–H and O–H groups in total. The Labute approximate surface area is 207 Å². The van der Waals surface area contributed by atoms with Crippen LogP contribution in [0.15, 0.2) is 102 Å². The molecule has 6 rings (SSSR count). The first-order valence-corrected chi connectivity index (χ1v) is 12.6. The van der Waals surface area contributed by atoms with Gasteiger partial charge in [0.2, 0.25) is 0 Å². The first-order valence-electron chi connectivity index (χ1n) is 12.6. The van der Waals surface area contributed by atoms with Gasteiger partial charge in [-0.3, -0.25) is 4.99 Å². The predicted molar refractivity (Wildman–Crippen MR) is 146 cm³/mol. The molecule has 3 nitrogen and oxygen atoms in total. The lowest BCUT2D eigenvalue weighted by Crippen LogP contribution is -2.28. The van der Waals surface area contributed by atoms with E-state index in [1.54, 1.807) is 0 Å². The molecule has 0 saturated heterocycles. The molecule has 3 atom stereocenters. The Kier molecular flexibility index (Phi) is 5.83. The van der Waals surface area contributed by atoms with E-state index in [2.05, 4.69) is 109 Å². The van der Waals surface area contributed by atoms with Gasteiger partial charge in [0.15, 0.2) is 0 Å². The number of ether oxygens (including phenoxy) is 1. The molecule has 0 radical (unpaired) electrons. The third-order valence-electron chi connectivity index (χ3n) is 7.26. The lowest BCUT2D eigenvalue weighted by molar-refractivity contribution is 0.317. The summed E-state index contributed by atoms with van der Waals surface area (Å²) in [6, 6.07) is 30.3. The van der Waals surface area contributed by atoms with Crippen LogP contribution in [0.3, 0.4) is 0 Å². The summed E-state index contributed by atoms with van der Waals surface area (Å²) in [6.45, 7) is 2.82. The van der Waals surface area contributed by atoms with Crippen molar-refractivity contribution in [3.05, 3.63) is 114 Å². The lowest BCUT2D eigenvalue weighted by atomic mass is 9.77. The largest absolute Gasteiger partial charge is 0.493 e. The summed E-state index contributed by atoms with van der Waals surface area (Å²) in [5.74, 6) is 1.92. The maximum Gasteiger partial charge on any atom is 0.128 e. The molecular weight excluding hydrogens is 428 g/mol. The van der Waals surface area contributed by atoms with Crippen LogP contribution in [-0.4, -0.2) is 12.8 Å². The van der Waals surface area contributed by atoms with Gasteiger partial charge in [0.25, 0.3) is 0 Å². The van der Waals surface area contributed by atoms with Crippen LogP contribution in [0.4, 0.5) is 11.4 Å². The molecule has 0 bridgehead atoms. The zero-order chi connectivity index (χ0) is 23.6. The first-order chi connectivity index (χ1) is 17.3. The molecule has 1 aliphatic carbocycles. The van der Waals surface area contributed by atoms with Crippen LogP contribution in [0.1, 0.15) is 48.4 Å². The van der Waals surface area contributed by atoms with Crippen molar-refractivity contribution in [2.75, 3.05) is 11.9 Å². The third kappa shape index (κ3) is 4.12. The van der Waals surface area contributed by atoms with Crippen LogP contribution >= 0.6 is 0 Å². The Balaban J connectivity index is 1.28. The molecule has 1 aliphatic heterocycles. The molecule has 3 heteroatoms. The molecule has 1 heterocycles. The lowest BCUT2D eigenvalue weighted by Gasteiger charge is -2.37.